The third kappa shape index (κ3) is 3.12. The van der Waals surface area contributed by atoms with E-state index in [0.29, 0.717) is 11.3 Å². The van der Waals surface area contributed by atoms with Gasteiger partial charge in [-0.2, -0.15) is 0 Å². The smallest absolute Gasteiger partial charge is 0.178 e. The highest BCUT2D eigenvalue weighted by molar-refractivity contribution is 7.91. The van der Waals surface area contributed by atoms with Crippen molar-refractivity contribution in [1.29, 1.82) is 0 Å². The molecule has 0 aliphatic heterocycles. The molecule has 0 amide bonds. The highest BCUT2D eigenvalue weighted by atomic mass is 32.2. The molecule has 14 heavy (non-hydrogen) atoms. The number of hydrogen-bond donors (Lipinski definition) is 1. The van der Waals surface area contributed by atoms with Crippen molar-refractivity contribution in [2.45, 2.75) is 24.3 Å². The quantitative estimate of drug-likeness (QED) is 0.817. The van der Waals surface area contributed by atoms with Crippen LogP contribution in [0, 0.1) is 0 Å². The maximum atomic E-state index is 11.7. The molecule has 0 fully saturated rings. The normalized spacial score (nSPS) is 13.9. The van der Waals surface area contributed by atoms with Crippen LogP contribution in [0.3, 0.4) is 0 Å². The number of rotatable bonds is 4. The second-order valence-electron chi connectivity index (χ2n) is 3.40. The largest absolute Gasteiger partial charge is 0.328 e. The molecule has 3 nitrogen and oxygen atoms in total. The van der Waals surface area contributed by atoms with Gasteiger partial charge < -0.3 is 5.73 Å². The molecular weight excluding hydrogens is 198 g/mol. The van der Waals surface area contributed by atoms with Crippen molar-refractivity contribution in [2.24, 2.45) is 5.73 Å². The van der Waals surface area contributed by atoms with Crippen LogP contribution in [0.15, 0.2) is 35.2 Å². The average molecular weight is 213 g/mol. The lowest BCUT2D eigenvalue weighted by atomic mass is 10.3. The summed E-state index contributed by atoms with van der Waals surface area (Å²) in [5.74, 6) is 0.120. The van der Waals surface area contributed by atoms with Crippen molar-refractivity contribution < 1.29 is 8.42 Å². The Bertz CT molecular complexity index is 370. The van der Waals surface area contributed by atoms with E-state index < -0.39 is 9.84 Å². The van der Waals surface area contributed by atoms with Gasteiger partial charge in [-0.05, 0) is 25.5 Å². The summed E-state index contributed by atoms with van der Waals surface area (Å²) >= 11 is 0. The standard InChI is InChI=1S/C10H15NO2S/c1-9(11)7-8-14(12,13)10-5-3-2-4-6-10/h2-6,9H,7-8,11H2,1H3. The Balaban J connectivity index is 2.77. The molecule has 2 N–H and O–H groups in total. The second kappa shape index (κ2) is 4.57. The summed E-state index contributed by atoms with van der Waals surface area (Å²) in [6.07, 6.45) is 0.497. The van der Waals surface area contributed by atoms with E-state index in [9.17, 15) is 8.42 Å². The van der Waals surface area contributed by atoms with E-state index in [0.717, 1.165) is 0 Å². The molecule has 0 saturated carbocycles. The molecule has 0 saturated heterocycles. The summed E-state index contributed by atoms with van der Waals surface area (Å²) in [5, 5.41) is 0. The van der Waals surface area contributed by atoms with E-state index in [4.69, 9.17) is 5.73 Å². The van der Waals surface area contributed by atoms with E-state index >= 15 is 0 Å². The minimum absolute atomic E-state index is 0.0755. The molecule has 0 aliphatic rings. The third-order valence-electron chi connectivity index (χ3n) is 1.94. The van der Waals surface area contributed by atoms with Gasteiger partial charge in [0.2, 0.25) is 0 Å². The topological polar surface area (TPSA) is 60.2 Å². The monoisotopic (exact) mass is 213 g/mol. The zero-order chi connectivity index (χ0) is 10.6. The Labute approximate surface area is 84.9 Å². The first-order chi connectivity index (χ1) is 6.52. The minimum Gasteiger partial charge on any atom is -0.328 e. The van der Waals surface area contributed by atoms with E-state index in [1.807, 2.05) is 0 Å². The minimum atomic E-state index is -3.14. The summed E-state index contributed by atoms with van der Waals surface area (Å²) in [6.45, 7) is 1.81. The van der Waals surface area contributed by atoms with Crippen molar-refractivity contribution in [3.05, 3.63) is 30.3 Å². The van der Waals surface area contributed by atoms with Gasteiger partial charge >= 0.3 is 0 Å². The summed E-state index contributed by atoms with van der Waals surface area (Å²) < 4.78 is 23.4. The SMILES string of the molecule is CC(N)CCS(=O)(=O)c1ccccc1. The van der Waals surface area contributed by atoms with Crippen LogP contribution in [0.4, 0.5) is 0 Å². The first kappa shape index (κ1) is 11.2. The first-order valence-corrected chi connectivity index (χ1v) is 6.21. The predicted octanol–water partition coefficient (Wildman–Crippen LogP) is 1.20. The van der Waals surface area contributed by atoms with Gasteiger partial charge in [-0.15, -0.1) is 0 Å². The first-order valence-electron chi connectivity index (χ1n) is 4.56. The Morgan fingerprint density at radius 3 is 2.36 bits per heavy atom. The molecule has 0 heterocycles. The molecule has 1 atom stereocenters. The highest BCUT2D eigenvalue weighted by Crippen LogP contribution is 2.11. The van der Waals surface area contributed by atoms with Gasteiger partial charge in [-0.1, -0.05) is 18.2 Å². The van der Waals surface area contributed by atoms with Crippen LogP contribution in [0.25, 0.3) is 0 Å². The molecule has 0 aliphatic carbocycles. The van der Waals surface area contributed by atoms with Gasteiger partial charge in [0.1, 0.15) is 0 Å². The molecule has 1 aromatic carbocycles. The zero-order valence-electron chi connectivity index (χ0n) is 8.18. The lowest BCUT2D eigenvalue weighted by Crippen LogP contribution is -2.20. The van der Waals surface area contributed by atoms with Crippen LogP contribution in [0.5, 0.6) is 0 Å². The number of nitrogens with two attached hydrogens (primary N) is 1. The highest BCUT2D eigenvalue weighted by Gasteiger charge is 2.13. The van der Waals surface area contributed by atoms with Crippen LogP contribution in [0.2, 0.25) is 0 Å². The number of benzene rings is 1. The lowest BCUT2D eigenvalue weighted by Gasteiger charge is -2.06. The average Bonchev–Trinajstić information content (AvgIpc) is 2.16. The van der Waals surface area contributed by atoms with Crippen LogP contribution >= 0.6 is 0 Å². The van der Waals surface area contributed by atoms with Crippen molar-refractivity contribution in [3.63, 3.8) is 0 Å². The summed E-state index contributed by atoms with van der Waals surface area (Å²) in [4.78, 5) is 0.376. The van der Waals surface area contributed by atoms with Crippen molar-refractivity contribution in [2.75, 3.05) is 5.75 Å². The summed E-state index contributed by atoms with van der Waals surface area (Å²) in [5.41, 5.74) is 5.51. The Hall–Kier alpha value is -0.870. The summed E-state index contributed by atoms with van der Waals surface area (Å²) in [7, 11) is -3.14. The summed E-state index contributed by atoms with van der Waals surface area (Å²) in [6, 6.07) is 8.38. The van der Waals surface area contributed by atoms with E-state index in [2.05, 4.69) is 0 Å². The molecule has 1 rings (SSSR count). The van der Waals surface area contributed by atoms with E-state index in [1.54, 1.807) is 37.3 Å². The number of sulfone groups is 1. The molecular formula is C10H15NO2S. The van der Waals surface area contributed by atoms with Crippen LogP contribution < -0.4 is 5.73 Å². The maximum Gasteiger partial charge on any atom is 0.178 e. The Kier molecular flexibility index (Phi) is 3.66. The third-order valence-corrected chi connectivity index (χ3v) is 3.71. The Morgan fingerprint density at radius 1 is 1.29 bits per heavy atom. The van der Waals surface area contributed by atoms with Gasteiger partial charge in [0, 0.05) is 6.04 Å². The van der Waals surface area contributed by atoms with E-state index in [1.165, 1.54) is 0 Å². The van der Waals surface area contributed by atoms with Crippen LogP contribution in [0.1, 0.15) is 13.3 Å². The fraction of sp³-hybridized carbons (Fsp3) is 0.400. The van der Waals surface area contributed by atoms with Gasteiger partial charge in [0.15, 0.2) is 9.84 Å². The maximum absolute atomic E-state index is 11.7. The molecule has 0 radical (unpaired) electrons. The van der Waals surface area contributed by atoms with Crippen molar-refractivity contribution in [3.8, 4) is 0 Å². The van der Waals surface area contributed by atoms with Gasteiger partial charge in [-0.25, -0.2) is 8.42 Å². The zero-order valence-corrected chi connectivity index (χ0v) is 9.00. The van der Waals surface area contributed by atoms with Crippen LogP contribution in [-0.2, 0) is 9.84 Å². The van der Waals surface area contributed by atoms with Crippen molar-refractivity contribution in [1.82, 2.24) is 0 Å². The van der Waals surface area contributed by atoms with Gasteiger partial charge in [0.05, 0.1) is 10.6 Å². The van der Waals surface area contributed by atoms with Crippen LogP contribution in [-0.4, -0.2) is 20.2 Å². The fourth-order valence-electron chi connectivity index (χ4n) is 1.09. The van der Waals surface area contributed by atoms with Gasteiger partial charge in [-0.3, -0.25) is 0 Å². The number of hydrogen-bond acceptors (Lipinski definition) is 3. The molecule has 1 unspecified atom stereocenters. The fourth-order valence-corrected chi connectivity index (χ4v) is 2.58. The predicted molar refractivity (Wildman–Crippen MR) is 56.8 cm³/mol. The molecule has 0 spiro atoms. The molecule has 4 heteroatoms. The Morgan fingerprint density at radius 2 is 1.86 bits per heavy atom. The molecule has 0 bridgehead atoms. The van der Waals surface area contributed by atoms with Gasteiger partial charge in [0.25, 0.3) is 0 Å². The molecule has 78 valence electrons. The molecule has 0 aromatic heterocycles. The lowest BCUT2D eigenvalue weighted by molar-refractivity contribution is 0.587. The van der Waals surface area contributed by atoms with Crippen molar-refractivity contribution >= 4 is 9.84 Å². The second-order valence-corrected chi connectivity index (χ2v) is 5.51. The molecule has 1 aromatic rings. The van der Waals surface area contributed by atoms with E-state index in [-0.39, 0.29) is 11.8 Å².